The number of hydrogen-bond acceptors (Lipinski definition) is 3. The van der Waals surface area contributed by atoms with Crippen molar-refractivity contribution in [1.82, 2.24) is 20.1 Å². The lowest BCUT2D eigenvalue weighted by Gasteiger charge is -2.24. The van der Waals surface area contributed by atoms with Crippen molar-refractivity contribution in [2.75, 3.05) is 0 Å². The number of halogens is 2. The van der Waals surface area contributed by atoms with E-state index in [9.17, 15) is 9.18 Å². The van der Waals surface area contributed by atoms with Crippen LogP contribution < -0.4 is 5.32 Å². The van der Waals surface area contributed by atoms with E-state index in [1.807, 2.05) is 0 Å². The van der Waals surface area contributed by atoms with E-state index in [1.54, 1.807) is 35.1 Å². The molecule has 1 N–H and O–H groups in total. The maximum absolute atomic E-state index is 14.1. The Morgan fingerprint density at radius 1 is 1.31 bits per heavy atom. The van der Waals surface area contributed by atoms with Crippen LogP contribution in [0.1, 0.15) is 40.6 Å². The van der Waals surface area contributed by atoms with Crippen LogP contribution in [0.5, 0.6) is 0 Å². The van der Waals surface area contributed by atoms with E-state index in [4.69, 9.17) is 11.6 Å². The van der Waals surface area contributed by atoms with Gasteiger partial charge in [0.05, 0.1) is 12.2 Å². The first-order chi connectivity index (χ1) is 12.6. The fraction of sp³-hybridized carbons (Fsp3) is 0.211. The summed E-state index contributed by atoms with van der Waals surface area (Å²) in [5.41, 5.74) is 2.52. The maximum Gasteiger partial charge on any atom is 0.270 e. The molecule has 1 aliphatic rings. The van der Waals surface area contributed by atoms with Gasteiger partial charge in [-0.15, -0.1) is 0 Å². The average molecular weight is 371 g/mol. The molecule has 132 valence electrons. The fourth-order valence-electron chi connectivity index (χ4n) is 3.30. The molecule has 4 rings (SSSR count). The van der Waals surface area contributed by atoms with Gasteiger partial charge < -0.3 is 5.32 Å². The zero-order valence-corrected chi connectivity index (χ0v) is 14.6. The molecule has 0 radical (unpaired) electrons. The van der Waals surface area contributed by atoms with Crippen molar-refractivity contribution < 1.29 is 9.18 Å². The highest BCUT2D eigenvalue weighted by Gasteiger charge is 2.27. The number of aromatic nitrogens is 3. The van der Waals surface area contributed by atoms with Gasteiger partial charge in [0, 0.05) is 22.5 Å². The highest BCUT2D eigenvalue weighted by Crippen LogP contribution is 2.31. The lowest BCUT2D eigenvalue weighted by atomic mass is 9.92. The molecule has 2 aromatic heterocycles. The second-order valence-electron chi connectivity index (χ2n) is 6.19. The summed E-state index contributed by atoms with van der Waals surface area (Å²) in [6, 6.07) is 9.50. The van der Waals surface area contributed by atoms with Gasteiger partial charge in [-0.3, -0.25) is 9.78 Å². The number of rotatable bonds is 3. The van der Waals surface area contributed by atoms with Crippen LogP contribution in [0.2, 0.25) is 5.02 Å². The number of carbonyl (C=O) groups is 1. The summed E-state index contributed by atoms with van der Waals surface area (Å²) in [5.74, 6) is -0.614. The molecule has 1 aromatic carbocycles. The van der Waals surface area contributed by atoms with Gasteiger partial charge in [0.25, 0.3) is 5.91 Å². The summed E-state index contributed by atoms with van der Waals surface area (Å²) in [5, 5.41) is 7.81. The van der Waals surface area contributed by atoms with Gasteiger partial charge >= 0.3 is 0 Å². The summed E-state index contributed by atoms with van der Waals surface area (Å²) >= 11 is 5.93. The Morgan fingerprint density at radius 2 is 2.15 bits per heavy atom. The number of benzene rings is 1. The molecule has 2 heterocycles. The molecule has 0 aliphatic heterocycles. The largest absolute Gasteiger partial charge is 0.344 e. The molecule has 5 nitrogen and oxygen atoms in total. The van der Waals surface area contributed by atoms with Crippen LogP contribution in [0.25, 0.3) is 5.69 Å². The van der Waals surface area contributed by atoms with E-state index >= 15 is 0 Å². The normalized spacial score (nSPS) is 16.2. The number of amides is 1. The molecule has 0 saturated heterocycles. The Labute approximate surface area is 154 Å². The molecule has 1 amide bonds. The van der Waals surface area contributed by atoms with E-state index in [1.165, 1.54) is 18.3 Å². The van der Waals surface area contributed by atoms with Gasteiger partial charge in [0.1, 0.15) is 17.2 Å². The number of pyridine rings is 1. The third-order valence-corrected chi connectivity index (χ3v) is 4.76. The molecule has 7 heteroatoms. The van der Waals surface area contributed by atoms with Crippen molar-refractivity contribution in [3.8, 4) is 5.69 Å². The Hall–Kier alpha value is -2.73. The molecule has 0 spiro atoms. The van der Waals surface area contributed by atoms with Crippen LogP contribution in [0, 0.1) is 5.82 Å². The molecule has 3 aromatic rings. The van der Waals surface area contributed by atoms with Crippen molar-refractivity contribution in [2.24, 2.45) is 0 Å². The molecule has 26 heavy (non-hydrogen) atoms. The summed E-state index contributed by atoms with van der Waals surface area (Å²) in [7, 11) is 0. The van der Waals surface area contributed by atoms with Crippen LogP contribution in [0.3, 0.4) is 0 Å². The van der Waals surface area contributed by atoms with Gasteiger partial charge in [0.15, 0.2) is 0 Å². The molecule has 0 unspecified atom stereocenters. The zero-order valence-electron chi connectivity index (χ0n) is 13.8. The highest BCUT2D eigenvalue weighted by molar-refractivity contribution is 6.30. The molecular formula is C19H16ClFN4O. The summed E-state index contributed by atoms with van der Waals surface area (Å²) in [4.78, 5) is 16.5. The fourth-order valence-corrected chi connectivity index (χ4v) is 3.46. The first kappa shape index (κ1) is 16.7. The van der Waals surface area contributed by atoms with Gasteiger partial charge in [0.2, 0.25) is 0 Å². The Bertz CT molecular complexity index is 972. The molecule has 1 atom stereocenters. The van der Waals surface area contributed by atoms with E-state index in [2.05, 4.69) is 15.4 Å². The first-order valence-corrected chi connectivity index (χ1v) is 8.75. The van der Waals surface area contributed by atoms with Crippen molar-refractivity contribution in [3.63, 3.8) is 0 Å². The minimum atomic E-state index is -0.326. The minimum Gasteiger partial charge on any atom is -0.344 e. The number of hydrogen-bond donors (Lipinski definition) is 1. The number of nitrogens with zero attached hydrogens (tertiary/aromatic N) is 3. The minimum absolute atomic E-state index is 0.187. The summed E-state index contributed by atoms with van der Waals surface area (Å²) in [6.45, 7) is 0. The predicted molar refractivity (Wildman–Crippen MR) is 95.9 cm³/mol. The SMILES string of the molecule is O=C(N[C@@H]1CCCc2c1cnn2-c1ccccc1F)c1cc(Cl)ccn1. The molecule has 0 fully saturated rings. The lowest BCUT2D eigenvalue weighted by molar-refractivity contribution is 0.0927. The van der Waals surface area contributed by atoms with Crippen LogP contribution in [-0.2, 0) is 6.42 Å². The Morgan fingerprint density at radius 3 is 2.96 bits per heavy atom. The predicted octanol–water partition coefficient (Wildman–Crippen LogP) is 3.87. The molecule has 0 bridgehead atoms. The van der Waals surface area contributed by atoms with Crippen LogP contribution in [-0.4, -0.2) is 20.7 Å². The van der Waals surface area contributed by atoms with Crippen LogP contribution in [0.4, 0.5) is 4.39 Å². The lowest BCUT2D eigenvalue weighted by Crippen LogP contribution is -2.31. The molecular weight excluding hydrogens is 355 g/mol. The molecule has 1 aliphatic carbocycles. The monoisotopic (exact) mass is 370 g/mol. The van der Waals surface area contributed by atoms with E-state index in [0.717, 1.165) is 30.5 Å². The summed E-state index contributed by atoms with van der Waals surface area (Å²) < 4.78 is 15.8. The highest BCUT2D eigenvalue weighted by atomic mass is 35.5. The van der Waals surface area contributed by atoms with Gasteiger partial charge in [-0.2, -0.15) is 5.10 Å². The van der Waals surface area contributed by atoms with E-state index in [-0.39, 0.29) is 23.5 Å². The zero-order chi connectivity index (χ0) is 18.1. The second-order valence-corrected chi connectivity index (χ2v) is 6.62. The quantitative estimate of drug-likeness (QED) is 0.761. The number of nitrogens with one attached hydrogen (secondary N) is 1. The van der Waals surface area contributed by atoms with Gasteiger partial charge in [-0.1, -0.05) is 23.7 Å². The van der Waals surface area contributed by atoms with Crippen molar-refractivity contribution in [1.29, 1.82) is 0 Å². The van der Waals surface area contributed by atoms with Crippen LogP contribution in [0.15, 0.2) is 48.8 Å². The topological polar surface area (TPSA) is 59.8 Å². The maximum atomic E-state index is 14.1. The van der Waals surface area contributed by atoms with Crippen molar-refractivity contribution in [3.05, 3.63) is 76.6 Å². The van der Waals surface area contributed by atoms with Crippen molar-refractivity contribution in [2.45, 2.75) is 25.3 Å². The second kappa shape index (κ2) is 6.88. The third-order valence-electron chi connectivity index (χ3n) is 4.52. The number of carbonyl (C=O) groups excluding carboxylic acids is 1. The van der Waals surface area contributed by atoms with E-state index in [0.29, 0.717) is 10.7 Å². The number of fused-ring (bicyclic) bond motifs is 1. The third kappa shape index (κ3) is 3.08. The van der Waals surface area contributed by atoms with Crippen molar-refractivity contribution >= 4 is 17.5 Å². The van der Waals surface area contributed by atoms with Gasteiger partial charge in [-0.25, -0.2) is 9.07 Å². The standard InChI is InChI=1S/C19H16ClFN4O/c20-12-8-9-22-16(10-12)19(26)24-15-5-3-7-17-13(15)11-23-25(17)18-6-2-1-4-14(18)21/h1-2,4,6,8-11,15H,3,5,7H2,(H,24,26)/t15-/m1/s1. The van der Waals surface area contributed by atoms with E-state index < -0.39 is 0 Å². The van der Waals surface area contributed by atoms with Crippen LogP contribution >= 0.6 is 11.6 Å². The smallest absolute Gasteiger partial charge is 0.270 e. The molecule has 0 saturated carbocycles. The first-order valence-electron chi connectivity index (χ1n) is 8.37. The average Bonchev–Trinajstić information content (AvgIpc) is 3.07. The van der Waals surface area contributed by atoms with Gasteiger partial charge in [-0.05, 0) is 43.5 Å². The Kier molecular flexibility index (Phi) is 4.42. The Balaban J connectivity index is 1.63. The number of para-hydroxylation sites is 1. The summed E-state index contributed by atoms with van der Waals surface area (Å²) in [6.07, 6.45) is 5.66.